The van der Waals surface area contributed by atoms with Gasteiger partial charge in [-0.1, -0.05) is 17.7 Å². The van der Waals surface area contributed by atoms with E-state index in [1.807, 2.05) is 0 Å². The van der Waals surface area contributed by atoms with Gasteiger partial charge in [-0.3, -0.25) is 0 Å². The van der Waals surface area contributed by atoms with Crippen molar-refractivity contribution in [2.45, 2.75) is 36.9 Å². The lowest BCUT2D eigenvalue weighted by Gasteiger charge is -2.31. The maximum absolute atomic E-state index is 12.9. The Labute approximate surface area is 165 Å². The van der Waals surface area contributed by atoms with Crippen molar-refractivity contribution >= 4 is 21.6 Å². The number of aromatic nitrogens is 2. The van der Waals surface area contributed by atoms with E-state index in [2.05, 4.69) is 9.97 Å². The molecule has 0 amide bonds. The summed E-state index contributed by atoms with van der Waals surface area (Å²) in [4.78, 5) is 7.11. The molecule has 3 rings (SSSR count). The molecule has 0 bridgehead atoms. The highest BCUT2D eigenvalue weighted by Gasteiger charge is 2.34. The van der Waals surface area contributed by atoms with Gasteiger partial charge in [0, 0.05) is 17.8 Å². The molecule has 28 heavy (non-hydrogen) atoms. The maximum atomic E-state index is 12.9. The van der Waals surface area contributed by atoms with Crippen LogP contribution in [0.1, 0.15) is 24.1 Å². The zero-order valence-corrected chi connectivity index (χ0v) is 16.4. The summed E-state index contributed by atoms with van der Waals surface area (Å²) >= 11 is 6.03. The second kappa shape index (κ2) is 7.84. The van der Waals surface area contributed by atoms with E-state index in [0.717, 1.165) is 17.8 Å². The van der Waals surface area contributed by atoms with Crippen LogP contribution in [0.25, 0.3) is 0 Å². The summed E-state index contributed by atoms with van der Waals surface area (Å²) in [5, 5.41) is 0.336. The van der Waals surface area contributed by atoms with Gasteiger partial charge in [-0.05, 0) is 43.5 Å². The van der Waals surface area contributed by atoms with E-state index in [1.54, 1.807) is 13.0 Å². The molecule has 0 spiro atoms. The molecule has 1 aromatic heterocycles. The van der Waals surface area contributed by atoms with Crippen LogP contribution in [0, 0.1) is 6.92 Å². The lowest BCUT2D eigenvalue weighted by atomic mass is 10.1. The van der Waals surface area contributed by atoms with Crippen molar-refractivity contribution < 1.29 is 26.3 Å². The number of rotatable bonds is 4. The Morgan fingerprint density at radius 2 is 2.04 bits per heavy atom. The molecule has 1 aliphatic heterocycles. The molecule has 6 nitrogen and oxygen atoms in total. The molecule has 1 unspecified atom stereocenters. The zero-order chi connectivity index (χ0) is 20.5. The van der Waals surface area contributed by atoms with Crippen molar-refractivity contribution in [3.8, 4) is 6.01 Å². The Morgan fingerprint density at radius 3 is 2.71 bits per heavy atom. The van der Waals surface area contributed by atoms with Gasteiger partial charge in [-0.2, -0.15) is 22.5 Å². The summed E-state index contributed by atoms with van der Waals surface area (Å²) < 4.78 is 70.7. The number of hydrogen-bond acceptors (Lipinski definition) is 5. The average Bonchev–Trinajstić information content (AvgIpc) is 2.63. The number of piperidine rings is 1. The van der Waals surface area contributed by atoms with Gasteiger partial charge in [0.15, 0.2) is 5.69 Å². The van der Waals surface area contributed by atoms with Gasteiger partial charge in [0.2, 0.25) is 10.0 Å². The lowest BCUT2D eigenvalue weighted by Crippen LogP contribution is -2.44. The van der Waals surface area contributed by atoms with Crippen LogP contribution in [-0.4, -0.2) is 41.9 Å². The maximum Gasteiger partial charge on any atom is 0.433 e. The molecule has 0 saturated carbocycles. The van der Waals surface area contributed by atoms with Gasteiger partial charge in [0.25, 0.3) is 0 Å². The van der Waals surface area contributed by atoms with Crippen LogP contribution < -0.4 is 4.74 Å². The third kappa shape index (κ3) is 4.56. The molecule has 0 radical (unpaired) electrons. The highest BCUT2D eigenvalue weighted by Crippen LogP contribution is 2.29. The Hall–Kier alpha value is -1.91. The molecule has 1 fully saturated rings. The van der Waals surface area contributed by atoms with E-state index in [0.29, 0.717) is 17.9 Å². The van der Waals surface area contributed by atoms with Crippen molar-refractivity contribution in [1.82, 2.24) is 14.3 Å². The molecule has 1 aliphatic rings. The Morgan fingerprint density at radius 1 is 1.29 bits per heavy atom. The van der Waals surface area contributed by atoms with Gasteiger partial charge in [0.05, 0.1) is 11.4 Å². The highest BCUT2D eigenvalue weighted by atomic mass is 35.5. The number of ether oxygens (including phenoxy) is 1. The van der Waals surface area contributed by atoms with Gasteiger partial charge >= 0.3 is 12.2 Å². The van der Waals surface area contributed by atoms with E-state index in [-0.39, 0.29) is 18.0 Å². The molecule has 2 aromatic rings. The quantitative estimate of drug-likeness (QED) is 0.732. The lowest BCUT2D eigenvalue weighted by molar-refractivity contribution is -0.141. The van der Waals surface area contributed by atoms with Crippen molar-refractivity contribution in [3.63, 3.8) is 0 Å². The highest BCUT2D eigenvalue weighted by molar-refractivity contribution is 7.89. The minimum Gasteiger partial charge on any atom is -0.459 e. The first-order valence-electron chi connectivity index (χ1n) is 8.40. The van der Waals surface area contributed by atoms with E-state index in [1.165, 1.54) is 16.4 Å². The normalized spacial score (nSPS) is 18.8. The summed E-state index contributed by atoms with van der Waals surface area (Å²) in [6.45, 7) is 2.02. The third-order valence-electron chi connectivity index (χ3n) is 4.32. The first kappa shape index (κ1) is 20.8. The Kier molecular flexibility index (Phi) is 5.83. The van der Waals surface area contributed by atoms with Crippen LogP contribution in [0.15, 0.2) is 35.4 Å². The monoisotopic (exact) mass is 435 g/mol. The van der Waals surface area contributed by atoms with E-state index >= 15 is 0 Å². The fraction of sp³-hybridized carbons (Fsp3) is 0.412. The standard InChI is InChI=1S/C17H17ClF3N3O3S/c1-11-4-5-13(9-14(11)18)28(25,26)24-8-2-3-12(10-24)27-16-22-7-6-15(23-16)17(19,20)21/h4-7,9,12H,2-3,8,10H2,1H3. The van der Waals surface area contributed by atoms with Crippen LogP contribution in [0.2, 0.25) is 5.02 Å². The van der Waals surface area contributed by atoms with Gasteiger partial charge in [-0.15, -0.1) is 0 Å². The molecule has 1 atom stereocenters. The molecule has 152 valence electrons. The van der Waals surface area contributed by atoms with Crippen LogP contribution in [0.3, 0.4) is 0 Å². The molecule has 2 heterocycles. The van der Waals surface area contributed by atoms with Crippen LogP contribution in [0.4, 0.5) is 13.2 Å². The summed E-state index contributed by atoms with van der Waals surface area (Å²) in [5.74, 6) is 0. The Bertz CT molecular complexity index is 970. The predicted molar refractivity (Wildman–Crippen MR) is 95.6 cm³/mol. The second-order valence-corrected chi connectivity index (χ2v) is 8.72. The molecule has 0 aliphatic carbocycles. The first-order valence-corrected chi connectivity index (χ1v) is 10.2. The smallest absolute Gasteiger partial charge is 0.433 e. The summed E-state index contributed by atoms with van der Waals surface area (Å²) in [7, 11) is -3.81. The van der Waals surface area contributed by atoms with Gasteiger partial charge in [-0.25, -0.2) is 13.4 Å². The van der Waals surface area contributed by atoms with Crippen LogP contribution >= 0.6 is 11.6 Å². The Balaban J connectivity index is 1.76. The summed E-state index contributed by atoms with van der Waals surface area (Å²) in [5.41, 5.74) is -0.366. The number of nitrogens with zero attached hydrogens (tertiary/aromatic N) is 3. The van der Waals surface area contributed by atoms with E-state index in [4.69, 9.17) is 16.3 Å². The van der Waals surface area contributed by atoms with Crippen molar-refractivity contribution in [3.05, 3.63) is 46.7 Å². The van der Waals surface area contributed by atoms with Crippen molar-refractivity contribution in [2.75, 3.05) is 13.1 Å². The van der Waals surface area contributed by atoms with Crippen LogP contribution in [-0.2, 0) is 16.2 Å². The minimum absolute atomic E-state index is 0.0204. The molecule has 1 aromatic carbocycles. The largest absolute Gasteiger partial charge is 0.459 e. The minimum atomic E-state index is -4.62. The van der Waals surface area contributed by atoms with E-state index < -0.39 is 34.0 Å². The van der Waals surface area contributed by atoms with Crippen LogP contribution in [0.5, 0.6) is 6.01 Å². The number of sulfonamides is 1. The molecular weight excluding hydrogens is 419 g/mol. The fourth-order valence-electron chi connectivity index (χ4n) is 2.81. The second-order valence-electron chi connectivity index (χ2n) is 6.38. The van der Waals surface area contributed by atoms with Crippen molar-refractivity contribution in [1.29, 1.82) is 0 Å². The fourth-order valence-corrected chi connectivity index (χ4v) is 4.59. The summed E-state index contributed by atoms with van der Waals surface area (Å²) in [6.07, 6.45) is -3.36. The number of alkyl halides is 3. The SMILES string of the molecule is Cc1ccc(S(=O)(=O)N2CCCC(Oc3nccc(C(F)(F)F)n3)C2)cc1Cl. The first-order chi connectivity index (χ1) is 13.1. The average molecular weight is 436 g/mol. The topological polar surface area (TPSA) is 72.4 Å². The van der Waals surface area contributed by atoms with Crippen molar-refractivity contribution in [2.24, 2.45) is 0 Å². The third-order valence-corrected chi connectivity index (χ3v) is 6.59. The zero-order valence-electron chi connectivity index (χ0n) is 14.8. The molecule has 1 saturated heterocycles. The molecule has 11 heteroatoms. The number of aryl methyl sites for hydroxylation is 1. The summed E-state index contributed by atoms with van der Waals surface area (Å²) in [6, 6.07) is 4.77. The number of hydrogen-bond donors (Lipinski definition) is 0. The van der Waals surface area contributed by atoms with E-state index in [9.17, 15) is 21.6 Å². The number of halogens is 4. The molecule has 0 N–H and O–H groups in total. The molecular formula is C17H17ClF3N3O3S. The number of benzene rings is 1. The van der Waals surface area contributed by atoms with Gasteiger partial charge in [0.1, 0.15) is 6.10 Å². The predicted octanol–water partition coefficient (Wildman–Crippen LogP) is 3.69. The van der Waals surface area contributed by atoms with Gasteiger partial charge < -0.3 is 4.74 Å².